The Morgan fingerprint density at radius 2 is 2.27 bits per heavy atom. The molecule has 84 valence electrons. The van der Waals surface area contributed by atoms with Crippen LogP contribution in [-0.4, -0.2) is 21.5 Å². The highest BCUT2D eigenvalue weighted by Crippen LogP contribution is 2.50. The van der Waals surface area contributed by atoms with Gasteiger partial charge >= 0.3 is 0 Å². The van der Waals surface area contributed by atoms with E-state index in [-0.39, 0.29) is 6.61 Å². The average molecular weight is 209 g/mol. The van der Waals surface area contributed by atoms with Gasteiger partial charge in [-0.25, -0.2) is 4.68 Å². The summed E-state index contributed by atoms with van der Waals surface area (Å²) in [5, 5.41) is 13.2. The predicted molar refractivity (Wildman–Crippen MR) is 59.5 cm³/mol. The van der Waals surface area contributed by atoms with Crippen molar-refractivity contribution >= 4 is 5.82 Å². The number of anilines is 1. The molecular weight excluding hydrogens is 190 g/mol. The van der Waals surface area contributed by atoms with Gasteiger partial charge in [0.25, 0.3) is 0 Å². The van der Waals surface area contributed by atoms with Crippen molar-refractivity contribution in [3.8, 4) is 0 Å². The zero-order valence-electron chi connectivity index (χ0n) is 9.40. The van der Waals surface area contributed by atoms with Gasteiger partial charge in [0.15, 0.2) is 0 Å². The maximum atomic E-state index is 8.83. The number of nitrogen functional groups attached to an aromatic ring is 1. The number of nitrogens with zero attached hydrogens (tertiary/aromatic N) is 2. The summed E-state index contributed by atoms with van der Waals surface area (Å²) in [6.07, 6.45) is 2.37. The molecule has 1 aliphatic carbocycles. The van der Waals surface area contributed by atoms with Gasteiger partial charge in [0.2, 0.25) is 0 Å². The zero-order chi connectivity index (χ0) is 11.1. The van der Waals surface area contributed by atoms with Crippen molar-refractivity contribution in [3.05, 3.63) is 11.8 Å². The molecule has 4 heteroatoms. The smallest absolute Gasteiger partial charge is 0.122 e. The second-order valence-corrected chi connectivity index (χ2v) is 5.21. The molecular formula is C11H19N3O. The first-order valence-electron chi connectivity index (χ1n) is 5.46. The summed E-state index contributed by atoms with van der Waals surface area (Å²) in [5.41, 5.74) is 7.34. The van der Waals surface area contributed by atoms with Gasteiger partial charge in [0.1, 0.15) is 5.82 Å². The molecule has 0 saturated heterocycles. The molecule has 1 saturated carbocycles. The number of aromatic nitrogens is 2. The van der Waals surface area contributed by atoms with Gasteiger partial charge in [-0.15, -0.1) is 0 Å². The van der Waals surface area contributed by atoms with E-state index in [1.165, 1.54) is 12.8 Å². The summed E-state index contributed by atoms with van der Waals surface area (Å²) < 4.78 is 1.68. The Bertz CT molecular complexity index is 349. The van der Waals surface area contributed by atoms with E-state index in [0.29, 0.717) is 23.7 Å². The minimum Gasteiger partial charge on any atom is -0.394 e. The fraction of sp³-hybridized carbons (Fsp3) is 0.727. The fourth-order valence-electron chi connectivity index (χ4n) is 2.41. The van der Waals surface area contributed by atoms with E-state index in [1.807, 2.05) is 6.07 Å². The molecule has 1 fully saturated rings. The molecule has 0 radical (unpaired) electrons. The SMILES string of the molecule is CC1(C)CC(c2cc(N)n(CCO)n2)C1. The molecule has 0 spiro atoms. The molecule has 1 aliphatic rings. The average Bonchev–Trinajstić information content (AvgIpc) is 2.44. The maximum absolute atomic E-state index is 8.83. The summed E-state index contributed by atoms with van der Waals surface area (Å²) in [6.45, 7) is 5.12. The molecule has 0 aliphatic heterocycles. The van der Waals surface area contributed by atoms with Gasteiger partial charge < -0.3 is 10.8 Å². The Hall–Kier alpha value is -1.03. The summed E-state index contributed by atoms with van der Waals surface area (Å²) in [7, 11) is 0. The van der Waals surface area contributed by atoms with E-state index >= 15 is 0 Å². The topological polar surface area (TPSA) is 64.1 Å². The van der Waals surface area contributed by atoms with Crippen molar-refractivity contribution in [1.29, 1.82) is 0 Å². The van der Waals surface area contributed by atoms with Crippen molar-refractivity contribution in [1.82, 2.24) is 9.78 Å². The molecule has 4 nitrogen and oxygen atoms in total. The van der Waals surface area contributed by atoms with Crippen molar-refractivity contribution in [2.75, 3.05) is 12.3 Å². The minimum atomic E-state index is 0.0848. The molecule has 0 atom stereocenters. The molecule has 0 bridgehead atoms. The van der Waals surface area contributed by atoms with E-state index < -0.39 is 0 Å². The van der Waals surface area contributed by atoms with Gasteiger partial charge in [-0.3, -0.25) is 0 Å². The molecule has 2 rings (SSSR count). The number of aliphatic hydroxyl groups excluding tert-OH is 1. The van der Waals surface area contributed by atoms with E-state index in [9.17, 15) is 0 Å². The van der Waals surface area contributed by atoms with Crippen LogP contribution in [-0.2, 0) is 6.54 Å². The van der Waals surface area contributed by atoms with E-state index in [2.05, 4.69) is 18.9 Å². The highest BCUT2D eigenvalue weighted by Gasteiger charge is 2.38. The van der Waals surface area contributed by atoms with Gasteiger partial charge in [-0.1, -0.05) is 13.8 Å². The Balaban J connectivity index is 2.07. The number of rotatable bonds is 3. The fourth-order valence-corrected chi connectivity index (χ4v) is 2.41. The summed E-state index contributed by atoms with van der Waals surface area (Å²) in [6, 6.07) is 1.94. The van der Waals surface area contributed by atoms with Crippen LogP contribution in [0.5, 0.6) is 0 Å². The van der Waals surface area contributed by atoms with Gasteiger partial charge in [-0.2, -0.15) is 5.10 Å². The van der Waals surface area contributed by atoms with Crippen LogP contribution >= 0.6 is 0 Å². The predicted octanol–water partition coefficient (Wildman–Crippen LogP) is 1.36. The first kappa shape index (κ1) is 10.5. The Kier molecular flexibility index (Phi) is 2.46. The lowest BCUT2D eigenvalue weighted by Gasteiger charge is -2.41. The molecule has 1 heterocycles. The molecule has 0 unspecified atom stereocenters. The Morgan fingerprint density at radius 1 is 1.60 bits per heavy atom. The maximum Gasteiger partial charge on any atom is 0.122 e. The van der Waals surface area contributed by atoms with Gasteiger partial charge in [-0.05, 0) is 18.3 Å². The van der Waals surface area contributed by atoms with Crippen LogP contribution < -0.4 is 5.73 Å². The summed E-state index contributed by atoms with van der Waals surface area (Å²) >= 11 is 0. The third-order valence-corrected chi connectivity index (χ3v) is 3.16. The van der Waals surface area contributed by atoms with Crippen molar-refractivity contribution < 1.29 is 5.11 Å². The van der Waals surface area contributed by atoms with Crippen molar-refractivity contribution in [3.63, 3.8) is 0 Å². The molecule has 3 N–H and O–H groups in total. The summed E-state index contributed by atoms with van der Waals surface area (Å²) in [5.74, 6) is 1.21. The highest BCUT2D eigenvalue weighted by atomic mass is 16.3. The zero-order valence-corrected chi connectivity index (χ0v) is 9.40. The normalized spacial score (nSPS) is 20.2. The summed E-state index contributed by atoms with van der Waals surface area (Å²) in [4.78, 5) is 0. The van der Waals surface area contributed by atoms with Crippen LogP contribution in [0.15, 0.2) is 6.07 Å². The standard InChI is InChI=1S/C11H19N3O/c1-11(2)6-8(7-11)9-5-10(12)14(13-9)3-4-15/h5,8,15H,3-4,6-7,12H2,1-2H3. The van der Waals surface area contributed by atoms with E-state index in [1.54, 1.807) is 4.68 Å². The molecule has 1 aromatic rings. The number of hydrogen-bond donors (Lipinski definition) is 2. The number of nitrogens with two attached hydrogens (primary N) is 1. The lowest BCUT2D eigenvalue weighted by atomic mass is 9.63. The van der Waals surface area contributed by atoms with Crippen LogP contribution in [0, 0.1) is 5.41 Å². The molecule has 15 heavy (non-hydrogen) atoms. The van der Waals surface area contributed by atoms with E-state index in [4.69, 9.17) is 10.8 Å². The minimum absolute atomic E-state index is 0.0848. The van der Waals surface area contributed by atoms with Crippen LogP contribution in [0.1, 0.15) is 38.3 Å². The monoisotopic (exact) mass is 209 g/mol. The van der Waals surface area contributed by atoms with Crippen LogP contribution in [0.2, 0.25) is 0 Å². The van der Waals surface area contributed by atoms with Crippen LogP contribution in [0.25, 0.3) is 0 Å². The van der Waals surface area contributed by atoms with Crippen molar-refractivity contribution in [2.24, 2.45) is 5.41 Å². The van der Waals surface area contributed by atoms with Gasteiger partial charge in [0.05, 0.1) is 18.8 Å². The first-order chi connectivity index (χ1) is 7.02. The lowest BCUT2D eigenvalue weighted by molar-refractivity contribution is 0.148. The second kappa shape index (κ2) is 3.52. The third-order valence-electron chi connectivity index (χ3n) is 3.16. The van der Waals surface area contributed by atoms with Gasteiger partial charge in [0, 0.05) is 12.0 Å². The molecule has 1 aromatic heterocycles. The molecule has 0 amide bonds. The lowest BCUT2D eigenvalue weighted by Crippen LogP contribution is -2.30. The third kappa shape index (κ3) is 2.00. The Labute approximate surface area is 90.1 Å². The van der Waals surface area contributed by atoms with Crippen molar-refractivity contribution in [2.45, 2.75) is 39.2 Å². The van der Waals surface area contributed by atoms with E-state index in [0.717, 1.165) is 5.69 Å². The number of aliphatic hydroxyl groups is 1. The first-order valence-corrected chi connectivity index (χ1v) is 5.46. The second-order valence-electron chi connectivity index (χ2n) is 5.21. The quantitative estimate of drug-likeness (QED) is 0.790. The van der Waals surface area contributed by atoms with Crippen LogP contribution in [0.4, 0.5) is 5.82 Å². The Morgan fingerprint density at radius 3 is 2.80 bits per heavy atom. The highest BCUT2D eigenvalue weighted by molar-refractivity contribution is 5.33. The molecule has 0 aromatic carbocycles. The van der Waals surface area contributed by atoms with Crippen LogP contribution in [0.3, 0.4) is 0 Å². The largest absolute Gasteiger partial charge is 0.394 e. The number of hydrogen-bond acceptors (Lipinski definition) is 3.